The van der Waals surface area contributed by atoms with E-state index >= 15 is 0 Å². The number of carboxylic acid groups (broad SMARTS) is 1. The fourth-order valence-corrected chi connectivity index (χ4v) is 4.04. The van der Waals surface area contributed by atoms with Gasteiger partial charge in [0.2, 0.25) is 5.91 Å². The van der Waals surface area contributed by atoms with E-state index in [1.807, 2.05) is 24.3 Å². The monoisotopic (exact) mass is 365 g/mol. The molecule has 3 rings (SSSR count). The third kappa shape index (κ3) is 3.35. The van der Waals surface area contributed by atoms with Crippen LogP contribution in [-0.2, 0) is 9.59 Å². The highest BCUT2D eigenvalue weighted by Gasteiger charge is 2.54. The first-order valence-corrected chi connectivity index (χ1v) is 8.63. The molecular formula is C17H20BrNO3. The summed E-state index contributed by atoms with van der Waals surface area (Å²) in [5.74, 6) is 0.301. The number of benzene rings is 1. The third-order valence-corrected chi connectivity index (χ3v) is 5.46. The van der Waals surface area contributed by atoms with Gasteiger partial charge >= 0.3 is 5.97 Å². The maximum Gasteiger partial charge on any atom is 0.305 e. The SMILES string of the molecule is O=C(O)CC(NC(=O)C1C2CCCCC21)c1ccc(Br)cc1. The molecule has 0 bridgehead atoms. The minimum atomic E-state index is -0.901. The number of amides is 1. The molecule has 1 amide bonds. The first-order valence-electron chi connectivity index (χ1n) is 7.84. The summed E-state index contributed by atoms with van der Waals surface area (Å²) in [6.45, 7) is 0. The van der Waals surface area contributed by atoms with Crippen molar-refractivity contribution < 1.29 is 14.7 Å². The lowest BCUT2D eigenvalue weighted by Gasteiger charge is -2.18. The van der Waals surface area contributed by atoms with E-state index in [1.54, 1.807) is 0 Å². The van der Waals surface area contributed by atoms with E-state index in [9.17, 15) is 9.59 Å². The van der Waals surface area contributed by atoms with E-state index in [2.05, 4.69) is 21.2 Å². The summed E-state index contributed by atoms with van der Waals surface area (Å²) >= 11 is 3.37. The maximum atomic E-state index is 12.5. The van der Waals surface area contributed by atoms with Gasteiger partial charge in [-0.25, -0.2) is 0 Å². The zero-order valence-electron chi connectivity index (χ0n) is 12.3. The van der Waals surface area contributed by atoms with Crippen LogP contribution in [0.15, 0.2) is 28.7 Å². The topological polar surface area (TPSA) is 66.4 Å². The van der Waals surface area contributed by atoms with Gasteiger partial charge in [-0.05, 0) is 42.4 Å². The minimum absolute atomic E-state index is 0.0334. The summed E-state index contributed by atoms with van der Waals surface area (Å²) in [5.41, 5.74) is 0.836. The first kappa shape index (κ1) is 15.5. The largest absolute Gasteiger partial charge is 0.481 e. The van der Waals surface area contributed by atoms with Crippen LogP contribution in [0.25, 0.3) is 0 Å². The molecule has 2 aliphatic rings. The van der Waals surface area contributed by atoms with Crippen LogP contribution in [-0.4, -0.2) is 17.0 Å². The summed E-state index contributed by atoms with van der Waals surface area (Å²) < 4.78 is 0.935. The molecule has 4 nitrogen and oxygen atoms in total. The van der Waals surface area contributed by atoms with Gasteiger partial charge in [0, 0.05) is 10.4 Å². The average molecular weight is 366 g/mol. The predicted octanol–water partition coefficient (Wildman–Crippen LogP) is 3.52. The minimum Gasteiger partial charge on any atom is -0.481 e. The normalized spacial score (nSPS) is 27.6. The number of aliphatic carboxylic acids is 1. The van der Waals surface area contributed by atoms with Gasteiger partial charge in [-0.15, -0.1) is 0 Å². The zero-order chi connectivity index (χ0) is 15.7. The molecule has 0 heterocycles. The molecule has 2 N–H and O–H groups in total. The number of hydrogen-bond donors (Lipinski definition) is 2. The predicted molar refractivity (Wildman–Crippen MR) is 86.2 cm³/mol. The van der Waals surface area contributed by atoms with Crippen molar-refractivity contribution in [2.24, 2.45) is 17.8 Å². The molecule has 0 aliphatic heterocycles. The first-order chi connectivity index (χ1) is 10.6. The lowest BCUT2D eigenvalue weighted by molar-refractivity contribution is -0.137. The molecule has 22 heavy (non-hydrogen) atoms. The second-order valence-electron chi connectivity index (χ2n) is 6.35. The number of halogens is 1. The van der Waals surface area contributed by atoms with Crippen molar-refractivity contribution in [3.05, 3.63) is 34.3 Å². The summed E-state index contributed by atoms with van der Waals surface area (Å²) in [6, 6.07) is 7.00. The number of carbonyl (C=O) groups is 2. The summed E-state index contributed by atoms with van der Waals surface area (Å²) in [7, 11) is 0. The van der Waals surface area contributed by atoms with Crippen LogP contribution in [0, 0.1) is 17.8 Å². The maximum absolute atomic E-state index is 12.5. The second-order valence-corrected chi connectivity index (χ2v) is 7.26. The Balaban J connectivity index is 1.68. The van der Waals surface area contributed by atoms with Crippen molar-refractivity contribution in [1.82, 2.24) is 5.32 Å². The number of carboxylic acids is 1. The molecule has 2 aliphatic carbocycles. The quantitative estimate of drug-likeness (QED) is 0.838. The van der Waals surface area contributed by atoms with E-state index in [-0.39, 0.29) is 18.2 Å². The fourth-order valence-electron chi connectivity index (χ4n) is 3.77. The average Bonchev–Trinajstić information content (AvgIpc) is 3.21. The molecule has 3 atom stereocenters. The molecule has 118 valence electrons. The molecule has 2 fully saturated rings. The molecule has 2 saturated carbocycles. The van der Waals surface area contributed by atoms with Crippen LogP contribution in [0.3, 0.4) is 0 Å². The molecule has 1 aromatic rings. The number of fused-ring (bicyclic) bond motifs is 1. The van der Waals surface area contributed by atoms with Crippen LogP contribution < -0.4 is 5.32 Å². The molecule has 3 unspecified atom stereocenters. The van der Waals surface area contributed by atoms with E-state index in [4.69, 9.17) is 5.11 Å². The van der Waals surface area contributed by atoms with Gasteiger partial charge in [0.25, 0.3) is 0 Å². The van der Waals surface area contributed by atoms with Crippen molar-refractivity contribution in [2.75, 3.05) is 0 Å². The fraction of sp³-hybridized carbons (Fsp3) is 0.529. The Morgan fingerprint density at radius 2 is 1.77 bits per heavy atom. The second kappa shape index (κ2) is 6.41. The lowest BCUT2D eigenvalue weighted by atomic mass is 10.0. The van der Waals surface area contributed by atoms with E-state index in [0.29, 0.717) is 11.8 Å². The molecule has 5 heteroatoms. The van der Waals surface area contributed by atoms with Crippen LogP contribution in [0.2, 0.25) is 0 Å². The van der Waals surface area contributed by atoms with Gasteiger partial charge < -0.3 is 10.4 Å². The van der Waals surface area contributed by atoms with Crippen LogP contribution >= 0.6 is 15.9 Å². The highest BCUT2D eigenvalue weighted by atomic mass is 79.9. The van der Waals surface area contributed by atoms with Gasteiger partial charge in [0.15, 0.2) is 0 Å². The molecule has 0 saturated heterocycles. The Hall–Kier alpha value is -1.36. The van der Waals surface area contributed by atoms with E-state index in [0.717, 1.165) is 22.9 Å². The van der Waals surface area contributed by atoms with Gasteiger partial charge in [-0.3, -0.25) is 9.59 Å². The van der Waals surface area contributed by atoms with Crippen LogP contribution in [0.1, 0.15) is 43.7 Å². The number of hydrogen-bond acceptors (Lipinski definition) is 2. The third-order valence-electron chi connectivity index (χ3n) is 4.93. The van der Waals surface area contributed by atoms with Gasteiger partial charge in [0.05, 0.1) is 12.5 Å². The zero-order valence-corrected chi connectivity index (χ0v) is 13.9. The Morgan fingerprint density at radius 3 is 2.32 bits per heavy atom. The molecule has 0 spiro atoms. The number of rotatable bonds is 5. The highest BCUT2D eigenvalue weighted by Crippen LogP contribution is 2.55. The Labute approximate surface area is 138 Å². The Kier molecular flexibility index (Phi) is 4.52. The van der Waals surface area contributed by atoms with Crippen LogP contribution in [0.4, 0.5) is 0 Å². The standard InChI is InChI=1S/C17H20BrNO3/c18-11-7-5-10(6-8-11)14(9-15(20)21)19-17(22)16-12-3-1-2-4-13(12)16/h5-8,12-14,16H,1-4,9H2,(H,19,22)(H,20,21). The van der Waals surface area contributed by atoms with E-state index < -0.39 is 12.0 Å². The van der Waals surface area contributed by atoms with Gasteiger partial charge in [0.1, 0.15) is 0 Å². The van der Waals surface area contributed by atoms with Crippen molar-refractivity contribution in [2.45, 2.75) is 38.1 Å². The lowest BCUT2D eigenvalue weighted by Crippen LogP contribution is -2.32. The summed E-state index contributed by atoms with van der Waals surface area (Å²) in [4.78, 5) is 23.6. The van der Waals surface area contributed by atoms with Crippen molar-refractivity contribution in [3.8, 4) is 0 Å². The molecule has 1 aromatic carbocycles. The Bertz CT molecular complexity index is 560. The molecule has 0 radical (unpaired) electrons. The summed E-state index contributed by atoms with van der Waals surface area (Å²) in [6.07, 6.45) is 4.64. The summed E-state index contributed by atoms with van der Waals surface area (Å²) in [5, 5.41) is 12.1. The molecule has 0 aromatic heterocycles. The number of nitrogens with one attached hydrogen (secondary N) is 1. The van der Waals surface area contributed by atoms with Crippen LogP contribution in [0.5, 0.6) is 0 Å². The van der Waals surface area contributed by atoms with Gasteiger partial charge in [-0.2, -0.15) is 0 Å². The van der Waals surface area contributed by atoms with E-state index in [1.165, 1.54) is 12.8 Å². The smallest absolute Gasteiger partial charge is 0.305 e. The van der Waals surface area contributed by atoms with Crippen molar-refractivity contribution >= 4 is 27.8 Å². The number of carbonyl (C=O) groups excluding carboxylic acids is 1. The van der Waals surface area contributed by atoms with Gasteiger partial charge in [-0.1, -0.05) is 40.9 Å². The highest BCUT2D eigenvalue weighted by molar-refractivity contribution is 9.10. The molecular weight excluding hydrogens is 346 g/mol. The Morgan fingerprint density at radius 1 is 1.18 bits per heavy atom. The van der Waals surface area contributed by atoms with Crippen molar-refractivity contribution in [1.29, 1.82) is 0 Å². The van der Waals surface area contributed by atoms with Crippen molar-refractivity contribution in [3.63, 3.8) is 0 Å².